The molecule has 0 bridgehead atoms. The van der Waals surface area contributed by atoms with E-state index in [9.17, 15) is 9.18 Å². The van der Waals surface area contributed by atoms with Gasteiger partial charge in [0.15, 0.2) is 17.4 Å². The third-order valence-corrected chi connectivity index (χ3v) is 4.27. The molecule has 1 unspecified atom stereocenters. The quantitative estimate of drug-likeness (QED) is 0.447. The van der Waals surface area contributed by atoms with E-state index < -0.39 is 5.91 Å². The van der Waals surface area contributed by atoms with Crippen molar-refractivity contribution < 1.29 is 13.6 Å². The van der Waals surface area contributed by atoms with Crippen molar-refractivity contribution in [3.63, 3.8) is 0 Å². The second kappa shape index (κ2) is 8.68. The van der Waals surface area contributed by atoms with Crippen LogP contribution in [0, 0.1) is 19.7 Å². The van der Waals surface area contributed by atoms with E-state index in [0.29, 0.717) is 23.2 Å². The van der Waals surface area contributed by atoms with Crippen molar-refractivity contribution in [1.82, 2.24) is 20.5 Å². The van der Waals surface area contributed by atoms with Crippen molar-refractivity contribution in [3.8, 4) is 11.3 Å². The molecule has 0 saturated carbocycles. The Morgan fingerprint density at radius 2 is 2.03 bits per heavy atom. The van der Waals surface area contributed by atoms with Crippen LogP contribution in [0.4, 0.5) is 10.2 Å². The van der Waals surface area contributed by atoms with Crippen molar-refractivity contribution >= 4 is 17.7 Å². The summed E-state index contributed by atoms with van der Waals surface area (Å²) in [6.45, 7) is 7.29. The van der Waals surface area contributed by atoms with Gasteiger partial charge in [-0.3, -0.25) is 15.2 Å². The summed E-state index contributed by atoms with van der Waals surface area (Å²) in [7, 11) is 0. The van der Waals surface area contributed by atoms with E-state index in [0.717, 1.165) is 12.0 Å². The number of rotatable bonds is 5. The monoisotopic (exact) mass is 398 g/mol. The molecule has 8 nitrogen and oxygen atoms in total. The summed E-state index contributed by atoms with van der Waals surface area (Å²) in [5.41, 5.74) is 1.69. The van der Waals surface area contributed by atoms with Crippen LogP contribution in [0.3, 0.4) is 0 Å². The number of amides is 1. The van der Waals surface area contributed by atoms with Crippen LogP contribution in [0.2, 0.25) is 0 Å². The maximum absolute atomic E-state index is 13.1. The summed E-state index contributed by atoms with van der Waals surface area (Å²) in [5, 5.41) is 12.8. The summed E-state index contributed by atoms with van der Waals surface area (Å²) in [6.07, 6.45) is 0.796. The van der Waals surface area contributed by atoms with E-state index >= 15 is 0 Å². The standard InChI is InChI=1S/C20H23FN6O2/c1-5-11(2)22-20(25-19(28)18-12(3)29-13(4)23-18)24-17-10-16(26-27-17)14-6-8-15(21)9-7-14/h6-11H,5H2,1-4H3,(H3,22,24,25,26,27,28). The SMILES string of the molecule is CCC(C)N=C(NC(=O)c1nc(C)oc1C)Nc1cc(-c2ccc(F)cc2)[nH]n1. The topological polar surface area (TPSA) is 108 Å². The minimum atomic E-state index is -0.428. The molecule has 3 rings (SSSR count). The number of carbonyl (C=O) groups excluding carboxylic acids is 1. The minimum Gasteiger partial charge on any atom is -0.445 e. The van der Waals surface area contributed by atoms with Crippen LogP contribution in [0.1, 0.15) is 42.4 Å². The van der Waals surface area contributed by atoms with Crippen LogP contribution in [0.15, 0.2) is 39.7 Å². The molecule has 0 aliphatic carbocycles. The van der Waals surface area contributed by atoms with Crippen LogP contribution < -0.4 is 10.6 Å². The number of aromatic nitrogens is 3. The number of H-pyrrole nitrogens is 1. The zero-order valence-electron chi connectivity index (χ0n) is 16.7. The van der Waals surface area contributed by atoms with Gasteiger partial charge in [-0.2, -0.15) is 5.10 Å². The van der Waals surface area contributed by atoms with Crippen LogP contribution in [0.25, 0.3) is 11.3 Å². The highest BCUT2D eigenvalue weighted by atomic mass is 19.1. The van der Waals surface area contributed by atoms with Crippen molar-refractivity contribution in [2.45, 2.75) is 40.2 Å². The average molecular weight is 398 g/mol. The molecule has 0 saturated heterocycles. The van der Waals surface area contributed by atoms with Gasteiger partial charge < -0.3 is 9.73 Å². The van der Waals surface area contributed by atoms with Gasteiger partial charge in [0.05, 0.1) is 11.7 Å². The van der Waals surface area contributed by atoms with Gasteiger partial charge in [0.1, 0.15) is 11.6 Å². The van der Waals surface area contributed by atoms with Gasteiger partial charge in [0.2, 0.25) is 5.96 Å². The molecule has 2 aromatic heterocycles. The number of halogens is 1. The molecule has 0 aliphatic rings. The number of oxazole rings is 1. The fourth-order valence-corrected chi connectivity index (χ4v) is 2.60. The normalized spacial score (nSPS) is 12.7. The Kier molecular flexibility index (Phi) is 6.06. The Labute approximate surface area is 167 Å². The van der Waals surface area contributed by atoms with Gasteiger partial charge in [-0.05, 0) is 50.1 Å². The lowest BCUT2D eigenvalue weighted by molar-refractivity contribution is 0.0971. The number of carbonyl (C=O) groups is 1. The predicted octanol–water partition coefficient (Wildman–Crippen LogP) is 3.82. The van der Waals surface area contributed by atoms with E-state index in [1.165, 1.54) is 12.1 Å². The number of anilines is 1. The van der Waals surface area contributed by atoms with E-state index in [2.05, 4.69) is 30.8 Å². The van der Waals surface area contributed by atoms with Crippen molar-refractivity contribution in [1.29, 1.82) is 0 Å². The molecule has 3 aromatic rings. The summed E-state index contributed by atoms with van der Waals surface area (Å²) in [4.78, 5) is 21.2. The summed E-state index contributed by atoms with van der Waals surface area (Å²) >= 11 is 0. The second-order valence-electron chi connectivity index (χ2n) is 6.63. The molecule has 1 amide bonds. The summed E-state index contributed by atoms with van der Waals surface area (Å²) < 4.78 is 18.4. The van der Waals surface area contributed by atoms with Crippen molar-refractivity contribution in [2.24, 2.45) is 4.99 Å². The number of hydrogen-bond donors (Lipinski definition) is 3. The largest absolute Gasteiger partial charge is 0.445 e. The number of aryl methyl sites for hydroxylation is 2. The number of benzene rings is 1. The molecular weight excluding hydrogens is 375 g/mol. The molecule has 0 aliphatic heterocycles. The number of nitrogens with zero attached hydrogens (tertiary/aromatic N) is 3. The van der Waals surface area contributed by atoms with Crippen LogP contribution in [-0.4, -0.2) is 33.1 Å². The van der Waals surface area contributed by atoms with Crippen molar-refractivity contribution in [2.75, 3.05) is 5.32 Å². The van der Waals surface area contributed by atoms with E-state index in [1.54, 1.807) is 32.0 Å². The van der Waals surface area contributed by atoms with Gasteiger partial charge in [0, 0.05) is 13.0 Å². The highest BCUT2D eigenvalue weighted by molar-refractivity contribution is 6.09. The third kappa shape index (κ3) is 5.07. The Bertz CT molecular complexity index is 1020. The average Bonchev–Trinajstić information content (AvgIpc) is 3.28. The molecule has 3 N–H and O–H groups in total. The van der Waals surface area contributed by atoms with Crippen LogP contribution in [0.5, 0.6) is 0 Å². The lowest BCUT2D eigenvalue weighted by atomic mass is 10.1. The first kappa shape index (κ1) is 20.2. The molecule has 0 spiro atoms. The first-order valence-corrected chi connectivity index (χ1v) is 9.27. The Balaban J connectivity index is 1.79. The summed E-state index contributed by atoms with van der Waals surface area (Å²) in [5.74, 6) is 0.818. The first-order valence-electron chi connectivity index (χ1n) is 9.27. The number of aliphatic imine (C=N–C) groups is 1. The van der Waals surface area contributed by atoms with Gasteiger partial charge in [0.25, 0.3) is 5.91 Å². The van der Waals surface area contributed by atoms with Gasteiger partial charge >= 0.3 is 0 Å². The number of nitrogens with one attached hydrogen (secondary N) is 3. The minimum absolute atomic E-state index is 0.0200. The molecule has 2 heterocycles. The molecule has 1 aromatic carbocycles. The Morgan fingerprint density at radius 1 is 1.31 bits per heavy atom. The predicted molar refractivity (Wildman–Crippen MR) is 108 cm³/mol. The van der Waals surface area contributed by atoms with Gasteiger partial charge in [-0.25, -0.2) is 14.4 Å². The number of aromatic amines is 1. The van der Waals surface area contributed by atoms with E-state index in [1.807, 2.05) is 13.8 Å². The zero-order valence-corrected chi connectivity index (χ0v) is 16.7. The molecule has 29 heavy (non-hydrogen) atoms. The number of guanidine groups is 1. The fourth-order valence-electron chi connectivity index (χ4n) is 2.60. The molecule has 1 atom stereocenters. The van der Waals surface area contributed by atoms with Crippen molar-refractivity contribution in [3.05, 3.63) is 53.5 Å². The molecular formula is C20H23FN6O2. The Hall–Kier alpha value is -3.49. The first-order chi connectivity index (χ1) is 13.9. The summed E-state index contributed by atoms with van der Waals surface area (Å²) in [6, 6.07) is 7.78. The molecule has 9 heteroatoms. The smallest absolute Gasteiger partial charge is 0.280 e. The third-order valence-electron chi connectivity index (χ3n) is 4.27. The van der Waals surface area contributed by atoms with E-state index in [4.69, 9.17) is 4.42 Å². The molecule has 152 valence electrons. The molecule has 0 fully saturated rings. The highest BCUT2D eigenvalue weighted by Crippen LogP contribution is 2.20. The maximum Gasteiger partial charge on any atom is 0.280 e. The second-order valence-corrected chi connectivity index (χ2v) is 6.63. The Morgan fingerprint density at radius 3 is 2.66 bits per heavy atom. The van der Waals surface area contributed by atoms with Gasteiger partial charge in [-0.1, -0.05) is 6.92 Å². The lowest BCUT2D eigenvalue weighted by Crippen LogP contribution is -2.37. The van der Waals surface area contributed by atoms with Gasteiger partial charge in [-0.15, -0.1) is 0 Å². The van der Waals surface area contributed by atoms with E-state index in [-0.39, 0.29) is 23.5 Å². The number of hydrogen-bond acceptors (Lipinski definition) is 5. The maximum atomic E-state index is 13.1. The van der Waals surface area contributed by atoms with Crippen LogP contribution >= 0.6 is 0 Å². The zero-order chi connectivity index (χ0) is 21.0. The molecule has 0 radical (unpaired) electrons. The lowest BCUT2D eigenvalue weighted by Gasteiger charge is -2.11. The van der Waals surface area contributed by atoms with Crippen LogP contribution in [-0.2, 0) is 0 Å². The highest BCUT2D eigenvalue weighted by Gasteiger charge is 2.18. The fraction of sp³-hybridized carbons (Fsp3) is 0.300.